The molecule has 6 heteroatoms. The molecule has 0 N–H and O–H groups in total. The van der Waals surface area contributed by atoms with Crippen LogP contribution >= 0.6 is 0 Å². The van der Waals surface area contributed by atoms with Gasteiger partial charge in [-0.1, -0.05) is 6.07 Å². The molecular weight excluding hydrogens is 354 g/mol. The number of anilines is 1. The molecule has 0 saturated carbocycles. The van der Waals surface area contributed by atoms with Gasteiger partial charge in [0.2, 0.25) is 0 Å². The number of benzene rings is 2. The number of fused-ring (bicyclic) bond motifs is 2. The van der Waals surface area contributed by atoms with Crippen LogP contribution in [0.1, 0.15) is 16.8 Å². The largest absolute Gasteiger partial charge is 0.497 e. The van der Waals surface area contributed by atoms with Gasteiger partial charge < -0.3 is 14.4 Å². The van der Waals surface area contributed by atoms with Gasteiger partial charge in [0.1, 0.15) is 5.75 Å². The number of carbonyl (C=O) groups excluding carboxylic acids is 1. The lowest BCUT2D eigenvalue weighted by Crippen LogP contribution is -2.38. The first-order valence-corrected chi connectivity index (χ1v) is 9.79. The van der Waals surface area contributed by atoms with E-state index in [0.29, 0.717) is 6.54 Å². The summed E-state index contributed by atoms with van der Waals surface area (Å²) in [7, 11) is 1.64. The molecule has 1 aromatic heterocycles. The van der Waals surface area contributed by atoms with E-state index in [-0.39, 0.29) is 5.91 Å². The van der Waals surface area contributed by atoms with Gasteiger partial charge in [-0.25, -0.2) is 4.98 Å². The van der Waals surface area contributed by atoms with Gasteiger partial charge in [0.15, 0.2) is 0 Å². The van der Waals surface area contributed by atoms with Crippen molar-refractivity contribution in [1.82, 2.24) is 9.88 Å². The van der Waals surface area contributed by atoms with Crippen molar-refractivity contribution in [3.8, 4) is 5.75 Å². The summed E-state index contributed by atoms with van der Waals surface area (Å²) in [4.78, 5) is 22.5. The van der Waals surface area contributed by atoms with Crippen molar-refractivity contribution < 1.29 is 14.3 Å². The van der Waals surface area contributed by atoms with Crippen LogP contribution in [0.4, 0.5) is 5.69 Å². The van der Waals surface area contributed by atoms with Gasteiger partial charge in [-0.3, -0.25) is 9.69 Å². The second-order valence-electron chi connectivity index (χ2n) is 7.31. The van der Waals surface area contributed by atoms with Crippen LogP contribution in [0.25, 0.3) is 21.8 Å². The SMILES string of the molecule is COc1ccc2nc3cccc4c3c(c2c1)C(=O)N4CCCN1CCOCC1. The number of aromatic nitrogens is 1. The number of ether oxygens (including phenoxy) is 2. The predicted molar refractivity (Wildman–Crippen MR) is 109 cm³/mol. The van der Waals surface area contributed by atoms with Crippen molar-refractivity contribution in [1.29, 1.82) is 0 Å². The Morgan fingerprint density at radius 2 is 1.96 bits per heavy atom. The molecule has 0 unspecified atom stereocenters. The Kier molecular flexibility index (Phi) is 4.37. The first-order chi connectivity index (χ1) is 13.8. The zero-order chi connectivity index (χ0) is 19.1. The average Bonchev–Trinajstić information content (AvgIpc) is 3.02. The maximum absolute atomic E-state index is 13.4. The Morgan fingerprint density at radius 1 is 1.11 bits per heavy atom. The van der Waals surface area contributed by atoms with E-state index in [1.165, 1.54) is 0 Å². The monoisotopic (exact) mass is 377 g/mol. The number of hydrogen-bond acceptors (Lipinski definition) is 5. The minimum Gasteiger partial charge on any atom is -0.497 e. The summed E-state index contributed by atoms with van der Waals surface area (Å²) in [6.07, 6.45) is 0.935. The molecule has 0 spiro atoms. The van der Waals surface area contributed by atoms with Gasteiger partial charge in [-0.05, 0) is 36.8 Å². The average molecular weight is 377 g/mol. The molecule has 6 nitrogen and oxygen atoms in total. The van der Waals surface area contributed by atoms with Crippen LogP contribution in [0.2, 0.25) is 0 Å². The normalized spacial score (nSPS) is 17.0. The van der Waals surface area contributed by atoms with E-state index in [4.69, 9.17) is 14.5 Å². The highest BCUT2D eigenvalue weighted by Crippen LogP contribution is 2.40. The minimum absolute atomic E-state index is 0.0637. The summed E-state index contributed by atoms with van der Waals surface area (Å²) in [6.45, 7) is 5.22. The molecule has 1 amide bonds. The van der Waals surface area contributed by atoms with E-state index in [2.05, 4.69) is 4.90 Å². The quantitative estimate of drug-likeness (QED) is 0.640. The molecule has 0 aliphatic carbocycles. The molecule has 5 rings (SSSR count). The van der Waals surface area contributed by atoms with E-state index >= 15 is 0 Å². The molecule has 2 aliphatic heterocycles. The highest BCUT2D eigenvalue weighted by atomic mass is 16.5. The lowest BCUT2D eigenvalue weighted by Gasteiger charge is -2.27. The van der Waals surface area contributed by atoms with Crippen molar-refractivity contribution in [3.63, 3.8) is 0 Å². The van der Waals surface area contributed by atoms with E-state index in [0.717, 1.165) is 78.1 Å². The summed E-state index contributed by atoms with van der Waals surface area (Å²) in [5.74, 6) is 0.801. The fourth-order valence-corrected chi connectivity index (χ4v) is 4.27. The standard InChI is InChI=1S/C22H23N3O3/c1-27-15-6-7-17-16(14-15)20-21-18(23-17)4-2-5-19(21)25(22(20)26)9-3-8-24-10-12-28-13-11-24/h2,4-7,14H,3,8-13H2,1H3. The number of pyridine rings is 1. The summed E-state index contributed by atoms with van der Waals surface area (Å²) in [5.41, 5.74) is 3.41. The molecule has 144 valence electrons. The number of rotatable bonds is 5. The number of hydrogen-bond donors (Lipinski definition) is 0. The second-order valence-corrected chi connectivity index (χ2v) is 7.31. The van der Waals surface area contributed by atoms with Crippen molar-refractivity contribution in [2.24, 2.45) is 0 Å². The van der Waals surface area contributed by atoms with Crippen LogP contribution in [0, 0.1) is 0 Å². The molecular formula is C22H23N3O3. The van der Waals surface area contributed by atoms with Crippen LogP contribution in [-0.2, 0) is 4.74 Å². The predicted octanol–water partition coefficient (Wildman–Crippen LogP) is 3.08. The topological polar surface area (TPSA) is 54.9 Å². The molecule has 1 fully saturated rings. The third-order valence-electron chi connectivity index (χ3n) is 5.69. The van der Waals surface area contributed by atoms with Crippen LogP contribution < -0.4 is 9.64 Å². The molecule has 3 heterocycles. The zero-order valence-electron chi connectivity index (χ0n) is 16.0. The maximum atomic E-state index is 13.4. The van der Waals surface area contributed by atoms with Crippen LogP contribution in [0.3, 0.4) is 0 Å². The van der Waals surface area contributed by atoms with Crippen molar-refractivity contribution >= 4 is 33.4 Å². The lowest BCUT2D eigenvalue weighted by atomic mass is 10.0. The fourth-order valence-electron chi connectivity index (χ4n) is 4.27. The maximum Gasteiger partial charge on any atom is 0.259 e. The Morgan fingerprint density at radius 3 is 2.79 bits per heavy atom. The van der Waals surface area contributed by atoms with E-state index in [9.17, 15) is 4.79 Å². The minimum atomic E-state index is 0.0637. The molecule has 0 atom stereocenters. The molecule has 0 radical (unpaired) electrons. The first-order valence-electron chi connectivity index (χ1n) is 9.79. The van der Waals surface area contributed by atoms with Gasteiger partial charge in [0.05, 0.1) is 42.6 Å². The van der Waals surface area contributed by atoms with Crippen LogP contribution in [0.5, 0.6) is 5.75 Å². The smallest absolute Gasteiger partial charge is 0.259 e. The second kappa shape index (κ2) is 7.04. The number of carbonyl (C=O) groups is 1. The number of nitrogens with zero attached hydrogens (tertiary/aromatic N) is 3. The highest BCUT2D eigenvalue weighted by molar-refractivity contribution is 6.30. The van der Waals surface area contributed by atoms with Crippen LogP contribution in [-0.4, -0.2) is 62.3 Å². The summed E-state index contributed by atoms with van der Waals surface area (Å²) < 4.78 is 10.8. The summed E-state index contributed by atoms with van der Waals surface area (Å²) >= 11 is 0. The van der Waals surface area contributed by atoms with E-state index in [1.807, 2.05) is 41.3 Å². The molecule has 28 heavy (non-hydrogen) atoms. The summed E-state index contributed by atoms with van der Waals surface area (Å²) in [6, 6.07) is 11.7. The third kappa shape index (κ3) is 2.80. The molecule has 2 aromatic carbocycles. The Labute approximate surface area is 163 Å². The highest BCUT2D eigenvalue weighted by Gasteiger charge is 2.32. The van der Waals surface area contributed by atoms with Crippen molar-refractivity contribution in [3.05, 3.63) is 42.0 Å². The van der Waals surface area contributed by atoms with E-state index < -0.39 is 0 Å². The Balaban J connectivity index is 1.49. The van der Waals surface area contributed by atoms with Crippen molar-refractivity contribution in [2.45, 2.75) is 6.42 Å². The zero-order valence-corrected chi connectivity index (χ0v) is 16.0. The summed E-state index contributed by atoms with van der Waals surface area (Å²) in [5, 5.41) is 1.82. The molecule has 2 aliphatic rings. The van der Waals surface area contributed by atoms with Crippen molar-refractivity contribution in [2.75, 3.05) is 51.4 Å². The third-order valence-corrected chi connectivity index (χ3v) is 5.69. The van der Waals surface area contributed by atoms with Gasteiger partial charge in [0.25, 0.3) is 5.91 Å². The van der Waals surface area contributed by atoms with E-state index in [1.54, 1.807) is 7.11 Å². The fraction of sp³-hybridized carbons (Fsp3) is 0.364. The van der Waals surface area contributed by atoms with Crippen LogP contribution in [0.15, 0.2) is 36.4 Å². The first kappa shape index (κ1) is 17.4. The van der Waals surface area contributed by atoms with Gasteiger partial charge >= 0.3 is 0 Å². The number of methoxy groups -OCH3 is 1. The number of morpholine rings is 1. The molecule has 1 saturated heterocycles. The molecule has 3 aromatic rings. The number of amides is 1. The van der Waals surface area contributed by atoms with Gasteiger partial charge in [-0.2, -0.15) is 0 Å². The Hall–Kier alpha value is -2.70. The Bertz CT molecular complexity index is 1060. The van der Waals surface area contributed by atoms with Gasteiger partial charge in [0, 0.05) is 37.0 Å². The molecule has 0 bridgehead atoms. The van der Waals surface area contributed by atoms with Gasteiger partial charge in [-0.15, -0.1) is 0 Å². The lowest BCUT2D eigenvalue weighted by molar-refractivity contribution is 0.0376.